The van der Waals surface area contributed by atoms with Crippen LogP contribution in [-0.2, 0) is 10.8 Å². The molecule has 0 atom stereocenters. The highest BCUT2D eigenvalue weighted by Gasteiger charge is 2.28. The van der Waals surface area contributed by atoms with Gasteiger partial charge >= 0.3 is 0 Å². The maximum atomic E-state index is 13.2. The molecule has 3 N–H and O–H groups in total. The summed E-state index contributed by atoms with van der Waals surface area (Å²) in [5.74, 6) is -0.817. The Morgan fingerprint density at radius 3 is 1.84 bits per heavy atom. The number of hydrogen-bond donors (Lipinski definition) is 3. The maximum Gasteiger partial charge on any atom is 0.270 e. The predicted octanol–water partition coefficient (Wildman–Crippen LogP) is 7.05. The Kier molecular flexibility index (Phi) is 7.64. The number of nitro benzene ring substituents is 1. The molecular formula is C28H30ClN3O5. The fraction of sp³-hybridized carbons (Fsp3) is 0.286. The first kappa shape index (κ1) is 27.7. The fourth-order valence-corrected chi connectivity index (χ4v) is 3.99. The van der Waals surface area contributed by atoms with Crippen LogP contribution in [-0.4, -0.2) is 21.8 Å². The van der Waals surface area contributed by atoms with Crippen LogP contribution < -0.4 is 10.6 Å². The highest BCUT2D eigenvalue weighted by atomic mass is 35.5. The number of halogens is 1. The number of nitro groups is 1. The van der Waals surface area contributed by atoms with E-state index in [2.05, 4.69) is 10.6 Å². The molecule has 0 bridgehead atoms. The molecule has 0 unspecified atom stereocenters. The van der Waals surface area contributed by atoms with E-state index in [1.807, 2.05) is 41.5 Å². The number of amides is 2. The first-order valence-corrected chi connectivity index (χ1v) is 12.0. The molecule has 0 spiro atoms. The van der Waals surface area contributed by atoms with Crippen molar-refractivity contribution in [2.24, 2.45) is 0 Å². The minimum Gasteiger partial charge on any atom is -0.507 e. The molecule has 0 heterocycles. The van der Waals surface area contributed by atoms with Gasteiger partial charge in [-0.25, -0.2) is 0 Å². The summed E-state index contributed by atoms with van der Waals surface area (Å²) < 4.78 is 0. The molecule has 0 radical (unpaired) electrons. The number of carbonyl (C=O) groups is 2. The molecule has 3 aromatic carbocycles. The number of carbonyl (C=O) groups excluding carboxylic acids is 2. The molecule has 9 heteroatoms. The van der Waals surface area contributed by atoms with E-state index in [0.717, 1.165) is 6.07 Å². The van der Waals surface area contributed by atoms with E-state index in [9.17, 15) is 24.8 Å². The number of anilines is 2. The van der Waals surface area contributed by atoms with Gasteiger partial charge in [0.25, 0.3) is 17.5 Å². The van der Waals surface area contributed by atoms with Crippen molar-refractivity contribution in [3.8, 4) is 5.75 Å². The monoisotopic (exact) mass is 523 g/mol. The van der Waals surface area contributed by atoms with Crippen molar-refractivity contribution < 1.29 is 19.6 Å². The highest BCUT2D eigenvalue weighted by Crippen LogP contribution is 2.40. The van der Waals surface area contributed by atoms with Crippen molar-refractivity contribution in [3.05, 3.63) is 92.0 Å². The third kappa shape index (κ3) is 6.46. The van der Waals surface area contributed by atoms with Gasteiger partial charge in [-0.1, -0.05) is 59.2 Å². The van der Waals surface area contributed by atoms with Gasteiger partial charge in [0, 0.05) is 40.2 Å². The van der Waals surface area contributed by atoms with Crippen molar-refractivity contribution in [1.82, 2.24) is 0 Å². The molecule has 0 saturated carbocycles. The van der Waals surface area contributed by atoms with Gasteiger partial charge in [0.05, 0.1) is 15.5 Å². The van der Waals surface area contributed by atoms with Gasteiger partial charge in [-0.05, 0) is 47.2 Å². The zero-order valence-corrected chi connectivity index (χ0v) is 22.4. The zero-order chi connectivity index (χ0) is 27.7. The number of nitrogens with one attached hydrogen (secondary N) is 2. The van der Waals surface area contributed by atoms with E-state index in [0.29, 0.717) is 28.1 Å². The second-order valence-electron chi connectivity index (χ2n) is 10.8. The molecule has 3 rings (SSSR count). The summed E-state index contributed by atoms with van der Waals surface area (Å²) in [5, 5.41) is 27.5. The average molecular weight is 524 g/mol. The van der Waals surface area contributed by atoms with Gasteiger partial charge in [-0.15, -0.1) is 0 Å². The van der Waals surface area contributed by atoms with Crippen LogP contribution in [0, 0.1) is 10.1 Å². The topological polar surface area (TPSA) is 122 Å². The van der Waals surface area contributed by atoms with Gasteiger partial charge < -0.3 is 15.7 Å². The van der Waals surface area contributed by atoms with E-state index in [1.165, 1.54) is 12.1 Å². The van der Waals surface area contributed by atoms with Crippen molar-refractivity contribution in [3.63, 3.8) is 0 Å². The fourth-order valence-electron chi connectivity index (χ4n) is 3.79. The van der Waals surface area contributed by atoms with Crippen molar-refractivity contribution >= 4 is 40.5 Å². The lowest BCUT2D eigenvalue weighted by molar-refractivity contribution is -0.384. The molecule has 194 valence electrons. The van der Waals surface area contributed by atoms with E-state index in [1.54, 1.807) is 36.4 Å². The number of phenols is 1. The molecule has 0 aromatic heterocycles. The number of nitrogens with zero attached hydrogens (tertiary/aromatic N) is 1. The Morgan fingerprint density at radius 1 is 0.838 bits per heavy atom. The number of benzene rings is 3. The molecule has 0 saturated heterocycles. The minimum atomic E-state index is -0.625. The Hall–Kier alpha value is -3.91. The lowest BCUT2D eigenvalue weighted by atomic mass is 9.78. The first-order chi connectivity index (χ1) is 17.1. The number of rotatable bonds is 5. The lowest BCUT2D eigenvalue weighted by Gasteiger charge is -2.28. The standard InChI is InChI=1S/C28H30ClN3O5/c1-27(2,3)21-12-16(13-22(24(21)33)28(4,5)6)25(34)30-17-8-7-9-18(14-17)31-26(35)20-15-19(32(36)37)10-11-23(20)29/h7-15,33H,1-6H3,(H,30,34)(H,31,35). The summed E-state index contributed by atoms with van der Waals surface area (Å²) in [4.78, 5) is 36.4. The molecular weight excluding hydrogens is 494 g/mol. The molecule has 37 heavy (non-hydrogen) atoms. The number of non-ortho nitro benzene ring substituents is 1. The highest BCUT2D eigenvalue weighted by molar-refractivity contribution is 6.34. The van der Waals surface area contributed by atoms with Crippen LogP contribution in [0.3, 0.4) is 0 Å². The summed E-state index contributed by atoms with van der Waals surface area (Å²) in [6, 6.07) is 13.5. The average Bonchev–Trinajstić information content (AvgIpc) is 2.77. The van der Waals surface area contributed by atoms with E-state index in [4.69, 9.17) is 11.6 Å². The molecule has 0 aliphatic carbocycles. The minimum absolute atomic E-state index is 0.0428. The van der Waals surface area contributed by atoms with Gasteiger partial charge in [0.15, 0.2) is 0 Å². The van der Waals surface area contributed by atoms with Gasteiger partial charge in [-0.2, -0.15) is 0 Å². The normalized spacial score (nSPS) is 11.6. The Labute approximate surface area is 220 Å². The van der Waals surface area contributed by atoms with Crippen molar-refractivity contribution in [2.45, 2.75) is 52.4 Å². The van der Waals surface area contributed by atoms with Crippen LogP contribution in [0.2, 0.25) is 5.02 Å². The van der Waals surface area contributed by atoms with Crippen molar-refractivity contribution in [2.75, 3.05) is 10.6 Å². The lowest BCUT2D eigenvalue weighted by Crippen LogP contribution is -2.20. The van der Waals surface area contributed by atoms with Crippen LogP contribution in [0.5, 0.6) is 5.75 Å². The summed E-state index contributed by atoms with van der Waals surface area (Å²) in [6.45, 7) is 11.8. The Morgan fingerprint density at radius 2 is 1.35 bits per heavy atom. The smallest absolute Gasteiger partial charge is 0.270 e. The summed E-state index contributed by atoms with van der Waals surface area (Å²) in [6.07, 6.45) is 0. The van der Waals surface area contributed by atoms with Gasteiger partial charge in [-0.3, -0.25) is 19.7 Å². The van der Waals surface area contributed by atoms with Crippen molar-refractivity contribution in [1.29, 1.82) is 0 Å². The second kappa shape index (κ2) is 10.2. The number of hydrogen-bond acceptors (Lipinski definition) is 5. The third-order valence-electron chi connectivity index (χ3n) is 5.77. The van der Waals surface area contributed by atoms with E-state index >= 15 is 0 Å². The van der Waals surface area contributed by atoms with Crippen LogP contribution >= 0.6 is 11.6 Å². The third-order valence-corrected chi connectivity index (χ3v) is 6.10. The molecule has 2 amide bonds. The van der Waals surface area contributed by atoms with Crippen LogP contribution in [0.1, 0.15) is 73.4 Å². The summed E-state index contributed by atoms with van der Waals surface area (Å²) >= 11 is 6.07. The van der Waals surface area contributed by atoms with Gasteiger partial charge in [0.1, 0.15) is 5.75 Å². The Bertz CT molecular complexity index is 1350. The molecule has 0 aliphatic heterocycles. The maximum absolute atomic E-state index is 13.2. The first-order valence-electron chi connectivity index (χ1n) is 11.6. The predicted molar refractivity (Wildman–Crippen MR) is 146 cm³/mol. The second-order valence-corrected chi connectivity index (χ2v) is 11.2. The molecule has 0 aliphatic rings. The van der Waals surface area contributed by atoms with Gasteiger partial charge in [0.2, 0.25) is 0 Å². The SMILES string of the molecule is CC(C)(C)c1cc(C(=O)Nc2cccc(NC(=O)c3cc([N+](=O)[O-])ccc3Cl)c2)cc(C(C)(C)C)c1O. The van der Waals surface area contributed by atoms with Crippen LogP contribution in [0.4, 0.5) is 17.1 Å². The summed E-state index contributed by atoms with van der Waals surface area (Å²) in [7, 11) is 0. The zero-order valence-electron chi connectivity index (χ0n) is 21.6. The summed E-state index contributed by atoms with van der Waals surface area (Å²) in [5.41, 5.74) is 1.44. The van der Waals surface area contributed by atoms with Crippen LogP contribution in [0.15, 0.2) is 54.6 Å². The number of aromatic hydroxyl groups is 1. The Balaban J connectivity index is 1.88. The van der Waals surface area contributed by atoms with E-state index < -0.39 is 21.7 Å². The quantitative estimate of drug-likeness (QED) is 0.244. The molecule has 0 fully saturated rings. The number of phenolic OH excluding ortho intramolecular Hbond substituents is 1. The molecule has 8 nitrogen and oxygen atoms in total. The largest absolute Gasteiger partial charge is 0.507 e. The van der Waals surface area contributed by atoms with E-state index in [-0.39, 0.29) is 27.9 Å². The molecule has 3 aromatic rings. The van der Waals surface area contributed by atoms with Crippen LogP contribution in [0.25, 0.3) is 0 Å².